The Kier molecular flexibility index (Phi) is 7.28. The van der Waals surface area contributed by atoms with Crippen LogP contribution in [0, 0.1) is 5.92 Å². The molecule has 2 unspecified atom stereocenters. The Hall–Kier alpha value is -0.610. The molecule has 0 aromatic heterocycles. The van der Waals surface area contributed by atoms with Crippen molar-refractivity contribution in [2.45, 2.75) is 46.1 Å². The maximum Gasteiger partial charge on any atom is 0.239 e. The van der Waals surface area contributed by atoms with Gasteiger partial charge in [-0.05, 0) is 45.6 Å². The van der Waals surface area contributed by atoms with E-state index in [4.69, 9.17) is 4.74 Å². The molecule has 2 atom stereocenters. The number of nitrogens with one attached hydrogen (secondary N) is 1. The van der Waals surface area contributed by atoms with Gasteiger partial charge in [-0.15, -0.1) is 0 Å². The molecule has 1 saturated heterocycles. The van der Waals surface area contributed by atoms with Crippen LogP contribution in [0.25, 0.3) is 0 Å². The number of likely N-dealkylation sites (N-methyl/N-ethyl adjacent to an activating group) is 1. The normalized spacial score (nSPS) is 23.9. The highest BCUT2D eigenvalue weighted by atomic mass is 16.5. The van der Waals surface area contributed by atoms with Crippen LogP contribution in [-0.2, 0) is 9.53 Å². The summed E-state index contributed by atoms with van der Waals surface area (Å²) in [5.41, 5.74) is 0. The van der Waals surface area contributed by atoms with Crippen molar-refractivity contribution >= 4 is 5.91 Å². The fourth-order valence-corrected chi connectivity index (χ4v) is 2.49. The van der Waals surface area contributed by atoms with Crippen LogP contribution in [0.5, 0.6) is 0 Å². The van der Waals surface area contributed by atoms with E-state index in [0.717, 1.165) is 52.1 Å². The van der Waals surface area contributed by atoms with Crippen molar-refractivity contribution in [1.29, 1.82) is 0 Å². The summed E-state index contributed by atoms with van der Waals surface area (Å²) in [7, 11) is 0. The van der Waals surface area contributed by atoms with Gasteiger partial charge in [0.05, 0.1) is 6.04 Å². The molecule has 1 N–H and O–H groups in total. The highest BCUT2D eigenvalue weighted by Crippen LogP contribution is 2.18. The number of carbonyl (C=O) groups excluding carboxylic acids is 1. The maximum atomic E-state index is 12.3. The standard InChI is InChI=1S/C14H28N2O2/c1-4-9-18-11-12-7-8-15-13(10-12)14(17)16(5-2)6-3/h12-13,15H,4-11H2,1-3H3. The molecule has 4 nitrogen and oxygen atoms in total. The van der Waals surface area contributed by atoms with Crippen LogP contribution >= 0.6 is 0 Å². The number of hydrogen-bond acceptors (Lipinski definition) is 3. The van der Waals surface area contributed by atoms with Gasteiger partial charge in [0, 0.05) is 26.3 Å². The molecule has 1 amide bonds. The molecule has 4 heteroatoms. The maximum absolute atomic E-state index is 12.3. The zero-order chi connectivity index (χ0) is 13.4. The molecule has 106 valence electrons. The van der Waals surface area contributed by atoms with Crippen molar-refractivity contribution < 1.29 is 9.53 Å². The van der Waals surface area contributed by atoms with Crippen molar-refractivity contribution in [3.63, 3.8) is 0 Å². The van der Waals surface area contributed by atoms with E-state index in [-0.39, 0.29) is 11.9 Å². The van der Waals surface area contributed by atoms with Crippen molar-refractivity contribution in [3.8, 4) is 0 Å². The Balaban J connectivity index is 2.40. The monoisotopic (exact) mass is 256 g/mol. The third-order valence-electron chi connectivity index (χ3n) is 3.59. The summed E-state index contributed by atoms with van der Waals surface area (Å²) in [4.78, 5) is 14.2. The van der Waals surface area contributed by atoms with Gasteiger partial charge < -0.3 is 15.0 Å². The summed E-state index contributed by atoms with van der Waals surface area (Å²) in [5.74, 6) is 0.780. The minimum atomic E-state index is -0.00567. The van der Waals surface area contributed by atoms with Gasteiger partial charge >= 0.3 is 0 Å². The van der Waals surface area contributed by atoms with Crippen LogP contribution in [0.4, 0.5) is 0 Å². The first-order valence-corrected chi connectivity index (χ1v) is 7.32. The van der Waals surface area contributed by atoms with E-state index in [9.17, 15) is 4.79 Å². The van der Waals surface area contributed by atoms with Crippen molar-refractivity contribution in [2.75, 3.05) is 32.8 Å². The fourth-order valence-electron chi connectivity index (χ4n) is 2.49. The van der Waals surface area contributed by atoms with Crippen LogP contribution in [0.3, 0.4) is 0 Å². The summed E-state index contributed by atoms with van der Waals surface area (Å²) in [6.07, 6.45) is 3.09. The number of carbonyl (C=O) groups is 1. The molecular formula is C14H28N2O2. The van der Waals surface area contributed by atoms with E-state index in [1.807, 2.05) is 18.7 Å². The van der Waals surface area contributed by atoms with Gasteiger partial charge in [0.1, 0.15) is 0 Å². The number of piperidine rings is 1. The van der Waals surface area contributed by atoms with E-state index in [1.165, 1.54) is 0 Å². The molecule has 1 aliphatic heterocycles. The Labute approximate surface area is 111 Å². The lowest BCUT2D eigenvalue weighted by molar-refractivity contribution is -0.134. The molecule has 18 heavy (non-hydrogen) atoms. The lowest BCUT2D eigenvalue weighted by Gasteiger charge is -2.32. The third-order valence-corrected chi connectivity index (χ3v) is 3.59. The summed E-state index contributed by atoms with van der Waals surface area (Å²) >= 11 is 0. The van der Waals surface area contributed by atoms with E-state index in [0.29, 0.717) is 5.92 Å². The third kappa shape index (κ3) is 4.58. The quantitative estimate of drug-likeness (QED) is 0.704. The Morgan fingerprint density at radius 3 is 2.67 bits per heavy atom. The largest absolute Gasteiger partial charge is 0.381 e. The zero-order valence-corrected chi connectivity index (χ0v) is 12.1. The SMILES string of the molecule is CCCOCC1CCNC(C(=O)N(CC)CC)C1. The van der Waals surface area contributed by atoms with Crippen LogP contribution in [0.15, 0.2) is 0 Å². The van der Waals surface area contributed by atoms with Crippen LogP contribution in [-0.4, -0.2) is 49.7 Å². The molecule has 1 rings (SSSR count). The topological polar surface area (TPSA) is 41.6 Å². The average molecular weight is 256 g/mol. The molecule has 1 heterocycles. The van der Waals surface area contributed by atoms with E-state index >= 15 is 0 Å². The number of ether oxygens (including phenoxy) is 1. The van der Waals surface area contributed by atoms with Gasteiger partial charge in [0.2, 0.25) is 5.91 Å². The minimum Gasteiger partial charge on any atom is -0.381 e. The Morgan fingerprint density at radius 2 is 2.06 bits per heavy atom. The lowest BCUT2D eigenvalue weighted by atomic mass is 9.92. The second-order valence-corrected chi connectivity index (χ2v) is 4.98. The molecule has 0 aromatic carbocycles. The Bertz CT molecular complexity index is 242. The van der Waals surface area contributed by atoms with Gasteiger partial charge in [0.15, 0.2) is 0 Å². The molecule has 0 spiro atoms. The molecule has 0 aromatic rings. The van der Waals surface area contributed by atoms with Gasteiger partial charge in [-0.1, -0.05) is 6.92 Å². The summed E-state index contributed by atoms with van der Waals surface area (Å²) in [6.45, 7) is 10.3. The second kappa shape index (κ2) is 8.48. The van der Waals surface area contributed by atoms with Crippen LogP contribution in [0.2, 0.25) is 0 Å². The number of nitrogens with zero attached hydrogens (tertiary/aromatic N) is 1. The predicted octanol–water partition coefficient (Wildman–Crippen LogP) is 1.65. The average Bonchev–Trinajstić information content (AvgIpc) is 2.41. The number of amides is 1. The smallest absolute Gasteiger partial charge is 0.239 e. The molecular weight excluding hydrogens is 228 g/mol. The van der Waals surface area contributed by atoms with E-state index in [2.05, 4.69) is 12.2 Å². The zero-order valence-electron chi connectivity index (χ0n) is 12.1. The molecule has 0 aliphatic carbocycles. The Morgan fingerprint density at radius 1 is 1.33 bits per heavy atom. The summed E-state index contributed by atoms with van der Waals surface area (Å²) in [6, 6.07) is -0.00567. The van der Waals surface area contributed by atoms with Gasteiger partial charge in [-0.25, -0.2) is 0 Å². The molecule has 0 saturated carbocycles. The predicted molar refractivity (Wildman–Crippen MR) is 73.6 cm³/mol. The summed E-state index contributed by atoms with van der Waals surface area (Å²) < 4.78 is 5.61. The first kappa shape index (κ1) is 15.4. The minimum absolute atomic E-state index is 0.00567. The van der Waals surface area contributed by atoms with Crippen molar-refractivity contribution in [3.05, 3.63) is 0 Å². The van der Waals surface area contributed by atoms with Gasteiger partial charge in [0.25, 0.3) is 0 Å². The van der Waals surface area contributed by atoms with E-state index < -0.39 is 0 Å². The van der Waals surface area contributed by atoms with Crippen LogP contribution < -0.4 is 5.32 Å². The summed E-state index contributed by atoms with van der Waals surface area (Å²) in [5, 5.41) is 3.34. The first-order chi connectivity index (χ1) is 8.72. The number of hydrogen-bond donors (Lipinski definition) is 1. The van der Waals surface area contributed by atoms with Crippen LogP contribution in [0.1, 0.15) is 40.0 Å². The molecule has 0 bridgehead atoms. The fraction of sp³-hybridized carbons (Fsp3) is 0.929. The lowest BCUT2D eigenvalue weighted by Crippen LogP contribution is -2.50. The molecule has 1 fully saturated rings. The highest BCUT2D eigenvalue weighted by molar-refractivity contribution is 5.82. The second-order valence-electron chi connectivity index (χ2n) is 4.98. The highest BCUT2D eigenvalue weighted by Gasteiger charge is 2.28. The number of rotatable bonds is 7. The van der Waals surface area contributed by atoms with Crippen molar-refractivity contribution in [1.82, 2.24) is 10.2 Å². The molecule has 1 aliphatic rings. The van der Waals surface area contributed by atoms with Gasteiger partial charge in [-0.2, -0.15) is 0 Å². The van der Waals surface area contributed by atoms with E-state index in [1.54, 1.807) is 0 Å². The van der Waals surface area contributed by atoms with Gasteiger partial charge in [-0.3, -0.25) is 4.79 Å². The first-order valence-electron chi connectivity index (χ1n) is 7.32. The van der Waals surface area contributed by atoms with Crippen molar-refractivity contribution in [2.24, 2.45) is 5.92 Å². The molecule has 0 radical (unpaired) electrons.